The number of benzene rings is 1. The van der Waals surface area contributed by atoms with Crippen LogP contribution >= 0.6 is 11.6 Å². The summed E-state index contributed by atoms with van der Waals surface area (Å²) in [4.78, 5) is 12.3. The van der Waals surface area contributed by atoms with Crippen molar-refractivity contribution in [3.05, 3.63) is 52.3 Å². The van der Waals surface area contributed by atoms with Crippen LogP contribution in [0.1, 0.15) is 35.9 Å². The highest BCUT2D eigenvalue weighted by Gasteiger charge is 2.21. The van der Waals surface area contributed by atoms with Crippen LogP contribution in [0.5, 0.6) is 0 Å². The average Bonchev–Trinajstić information content (AvgIpc) is 2.74. The summed E-state index contributed by atoms with van der Waals surface area (Å²) in [5.41, 5.74) is 0.200. The first-order valence-corrected chi connectivity index (χ1v) is 6.02. The lowest BCUT2D eigenvalue weighted by atomic mass is 10.1. The Labute approximate surface area is 113 Å². The first kappa shape index (κ1) is 13.7. The van der Waals surface area contributed by atoms with E-state index in [1.54, 1.807) is 0 Å². The van der Waals surface area contributed by atoms with E-state index >= 15 is 0 Å². The number of aromatic nitrogens is 2. The van der Waals surface area contributed by atoms with Gasteiger partial charge in [0.15, 0.2) is 11.6 Å². The molecule has 1 aromatic carbocycles. The van der Waals surface area contributed by atoms with Crippen LogP contribution in [0.2, 0.25) is 5.02 Å². The van der Waals surface area contributed by atoms with Crippen molar-refractivity contribution in [1.82, 2.24) is 9.78 Å². The van der Waals surface area contributed by atoms with Gasteiger partial charge in [-0.25, -0.2) is 8.78 Å². The van der Waals surface area contributed by atoms with Gasteiger partial charge in [-0.2, -0.15) is 5.10 Å². The maximum Gasteiger partial charge on any atom is 0.212 e. The van der Waals surface area contributed by atoms with E-state index < -0.39 is 17.4 Å². The summed E-state index contributed by atoms with van der Waals surface area (Å²) < 4.78 is 27.5. The van der Waals surface area contributed by atoms with Crippen LogP contribution in [-0.4, -0.2) is 15.6 Å². The number of halogens is 3. The Hall–Kier alpha value is -1.75. The van der Waals surface area contributed by atoms with Gasteiger partial charge in [0, 0.05) is 11.6 Å². The first-order valence-electron chi connectivity index (χ1n) is 5.64. The molecule has 0 aliphatic rings. The van der Waals surface area contributed by atoms with Gasteiger partial charge in [-0.1, -0.05) is 11.6 Å². The van der Waals surface area contributed by atoms with E-state index in [9.17, 15) is 13.6 Å². The summed E-state index contributed by atoms with van der Waals surface area (Å²) >= 11 is 5.93. The fraction of sp³-hybridized carbons (Fsp3) is 0.231. The van der Waals surface area contributed by atoms with E-state index in [1.807, 2.05) is 13.8 Å². The Morgan fingerprint density at radius 1 is 1.32 bits per heavy atom. The van der Waals surface area contributed by atoms with Crippen LogP contribution in [-0.2, 0) is 0 Å². The minimum Gasteiger partial charge on any atom is -0.287 e. The molecule has 6 heteroatoms. The number of carbonyl (C=O) groups is 1. The van der Waals surface area contributed by atoms with Crippen molar-refractivity contribution in [3.63, 3.8) is 0 Å². The van der Waals surface area contributed by atoms with Crippen LogP contribution in [0.3, 0.4) is 0 Å². The lowest BCUT2D eigenvalue weighted by Gasteiger charge is -2.10. The van der Waals surface area contributed by atoms with Gasteiger partial charge in [-0.15, -0.1) is 0 Å². The maximum atomic E-state index is 13.2. The van der Waals surface area contributed by atoms with E-state index in [0.29, 0.717) is 0 Å². The molecule has 0 saturated heterocycles. The van der Waals surface area contributed by atoms with Gasteiger partial charge in [0.1, 0.15) is 5.69 Å². The third kappa shape index (κ3) is 2.51. The number of hydrogen-bond acceptors (Lipinski definition) is 2. The molecule has 0 radical (unpaired) electrons. The maximum absolute atomic E-state index is 13.2. The van der Waals surface area contributed by atoms with Gasteiger partial charge in [0.2, 0.25) is 5.78 Å². The lowest BCUT2D eigenvalue weighted by Crippen LogP contribution is -2.14. The molecule has 100 valence electrons. The predicted octanol–water partition coefficient (Wildman–Crippen LogP) is 3.63. The highest BCUT2D eigenvalue weighted by Crippen LogP contribution is 2.22. The van der Waals surface area contributed by atoms with Crippen molar-refractivity contribution in [2.75, 3.05) is 0 Å². The van der Waals surface area contributed by atoms with E-state index in [1.165, 1.54) is 16.9 Å². The van der Waals surface area contributed by atoms with Crippen molar-refractivity contribution in [2.45, 2.75) is 19.9 Å². The summed E-state index contributed by atoms with van der Waals surface area (Å²) in [7, 11) is 0. The zero-order valence-corrected chi connectivity index (χ0v) is 11.1. The highest BCUT2D eigenvalue weighted by molar-refractivity contribution is 6.34. The van der Waals surface area contributed by atoms with Crippen molar-refractivity contribution < 1.29 is 13.6 Å². The van der Waals surface area contributed by atoms with Gasteiger partial charge in [0.25, 0.3) is 0 Å². The van der Waals surface area contributed by atoms with E-state index in [-0.39, 0.29) is 22.3 Å². The molecule has 0 aliphatic carbocycles. The normalized spacial score (nSPS) is 11.1. The van der Waals surface area contributed by atoms with Gasteiger partial charge in [-0.3, -0.25) is 9.48 Å². The molecule has 0 saturated carbocycles. The molecule has 19 heavy (non-hydrogen) atoms. The Kier molecular flexibility index (Phi) is 3.66. The Bertz CT molecular complexity index is 638. The zero-order chi connectivity index (χ0) is 14.2. The van der Waals surface area contributed by atoms with E-state index in [2.05, 4.69) is 5.10 Å². The summed E-state index contributed by atoms with van der Waals surface area (Å²) in [5, 5.41) is 4.18. The van der Waals surface area contributed by atoms with Crippen LogP contribution in [0.25, 0.3) is 0 Å². The fourth-order valence-corrected chi connectivity index (χ4v) is 1.94. The molecule has 1 aromatic heterocycles. The van der Waals surface area contributed by atoms with Crippen molar-refractivity contribution in [3.8, 4) is 0 Å². The molecule has 0 N–H and O–H groups in total. The zero-order valence-electron chi connectivity index (χ0n) is 10.3. The SMILES string of the molecule is CC(C)n1ncc(Cl)c1C(=O)c1ccc(F)c(F)c1. The average molecular weight is 285 g/mol. The molecule has 2 rings (SSSR count). The molecule has 0 atom stereocenters. The third-order valence-electron chi connectivity index (χ3n) is 2.64. The lowest BCUT2D eigenvalue weighted by molar-refractivity contribution is 0.102. The third-order valence-corrected chi connectivity index (χ3v) is 2.91. The second-order valence-corrected chi connectivity index (χ2v) is 4.74. The number of rotatable bonds is 3. The topological polar surface area (TPSA) is 34.9 Å². The number of ketones is 1. The number of nitrogens with zero attached hydrogens (tertiary/aromatic N) is 2. The first-order chi connectivity index (χ1) is 8.91. The highest BCUT2D eigenvalue weighted by atomic mass is 35.5. The van der Waals surface area contributed by atoms with Gasteiger partial charge in [-0.05, 0) is 32.0 Å². The Morgan fingerprint density at radius 3 is 2.58 bits per heavy atom. The molecule has 0 aliphatic heterocycles. The van der Waals surface area contributed by atoms with Gasteiger partial charge < -0.3 is 0 Å². The second kappa shape index (κ2) is 5.09. The second-order valence-electron chi connectivity index (χ2n) is 4.34. The summed E-state index contributed by atoms with van der Waals surface area (Å²) in [6.45, 7) is 3.68. The quantitative estimate of drug-likeness (QED) is 0.807. The number of hydrogen-bond donors (Lipinski definition) is 0. The van der Waals surface area contributed by atoms with Crippen molar-refractivity contribution >= 4 is 17.4 Å². The van der Waals surface area contributed by atoms with Crippen LogP contribution in [0, 0.1) is 11.6 Å². The smallest absolute Gasteiger partial charge is 0.212 e. The standard InChI is InChI=1S/C13H11ClF2N2O/c1-7(2)18-12(9(14)6-17-18)13(19)8-3-4-10(15)11(16)5-8/h3-7H,1-2H3. The Morgan fingerprint density at radius 2 is 2.00 bits per heavy atom. The summed E-state index contributed by atoms with van der Waals surface area (Å²) in [6, 6.07) is 2.91. The molecular formula is C13H11ClF2N2O. The summed E-state index contributed by atoms with van der Waals surface area (Å²) in [5.74, 6) is -2.56. The molecule has 2 aromatic rings. The van der Waals surface area contributed by atoms with Gasteiger partial charge >= 0.3 is 0 Å². The molecule has 1 heterocycles. The largest absolute Gasteiger partial charge is 0.287 e. The molecule has 0 spiro atoms. The molecular weight excluding hydrogens is 274 g/mol. The fourth-order valence-electron chi connectivity index (χ4n) is 1.72. The molecule has 0 fully saturated rings. The van der Waals surface area contributed by atoms with E-state index in [4.69, 9.17) is 11.6 Å². The minimum atomic E-state index is -1.07. The monoisotopic (exact) mass is 284 g/mol. The van der Waals surface area contributed by atoms with Crippen LogP contribution in [0.4, 0.5) is 8.78 Å². The van der Waals surface area contributed by atoms with Crippen LogP contribution in [0.15, 0.2) is 24.4 Å². The molecule has 0 amide bonds. The minimum absolute atomic E-state index is 0.0307. The number of carbonyl (C=O) groups excluding carboxylic acids is 1. The molecule has 0 unspecified atom stereocenters. The van der Waals surface area contributed by atoms with E-state index in [0.717, 1.165) is 12.1 Å². The van der Waals surface area contributed by atoms with Crippen molar-refractivity contribution in [2.24, 2.45) is 0 Å². The molecule has 3 nitrogen and oxygen atoms in total. The van der Waals surface area contributed by atoms with Gasteiger partial charge in [0.05, 0.1) is 11.2 Å². The predicted molar refractivity (Wildman–Crippen MR) is 67.4 cm³/mol. The summed E-state index contributed by atoms with van der Waals surface area (Å²) in [6.07, 6.45) is 1.36. The molecule has 0 bridgehead atoms. The Balaban J connectivity index is 2.49. The van der Waals surface area contributed by atoms with Crippen molar-refractivity contribution in [1.29, 1.82) is 0 Å². The van der Waals surface area contributed by atoms with Crippen LogP contribution < -0.4 is 0 Å².